The summed E-state index contributed by atoms with van der Waals surface area (Å²) >= 11 is 0. The van der Waals surface area contributed by atoms with Gasteiger partial charge in [0, 0.05) is 54.1 Å². The first kappa shape index (κ1) is 30.7. The van der Waals surface area contributed by atoms with Crippen molar-refractivity contribution in [3.63, 3.8) is 0 Å². The topological polar surface area (TPSA) is 125 Å². The third-order valence-corrected chi connectivity index (χ3v) is 8.56. The van der Waals surface area contributed by atoms with E-state index in [2.05, 4.69) is 31.5 Å². The molecule has 1 aliphatic rings. The lowest BCUT2D eigenvalue weighted by molar-refractivity contribution is 0.102. The van der Waals surface area contributed by atoms with Gasteiger partial charge in [-0.1, -0.05) is 18.2 Å². The molecular formula is C36H30F2N8O2. The molecule has 12 heteroatoms. The number of nitriles is 1. The Morgan fingerprint density at radius 2 is 1.96 bits per heavy atom. The molecule has 4 heterocycles. The number of nitrogens with one attached hydrogen (secondary N) is 2. The number of H-pyrrole nitrogens is 1. The predicted octanol–water partition coefficient (Wildman–Crippen LogP) is 6.42. The van der Waals surface area contributed by atoms with Crippen molar-refractivity contribution < 1.29 is 18.3 Å². The van der Waals surface area contributed by atoms with Gasteiger partial charge in [-0.05, 0) is 67.4 Å². The highest BCUT2D eigenvalue weighted by molar-refractivity contribution is 6.07. The maximum atomic E-state index is 14.5. The molecule has 0 saturated carbocycles. The van der Waals surface area contributed by atoms with Crippen LogP contribution in [0.15, 0.2) is 72.8 Å². The Balaban J connectivity index is 0.994. The summed E-state index contributed by atoms with van der Waals surface area (Å²) in [6.07, 6.45) is 2.93. The van der Waals surface area contributed by atoms with Gasteiger partial charge in [0.15, 0.2) is 5.82 Å². The van der Waals surface area contributed by atoms with Crippen LogP contribution in [-0.2, 0) is 20.2 Å². The minimum Gasteiger partial charge on any atom is -0.473 e. The number of rotatable bonds is 8. The van der Waals surface area contributed by atoms with Crippen LogP contribution in [0, 0.1) is 29.9 Å². The highest BCUT2D eigenvalue weighted by Crippen LogP contribution is 2.26. The zero-order valence-corrected chi connectivity index (χ0v) is 26.2. The molecule has 6 aromatic rings. The number of aryl methyl sites for hydroxylation is 2. The first-order valence-electron chi connectivity index (χ1n) is 15.4. The molecule has 3 aromatic carbocycles. The number of hydrogen-bond acceptors (Lipinski definition) is 7. The second-order valence-corrected chi connectivity index (χ2v) is 11.7. The van der Waals surface area contributed by atoms with Gasteiger partial charge < -0.3 is 14.6 Å². The molecule has 0 spiro atoms. The van der Waals surface area contributed by atoms with Crippen molar-refractivity contribution >= 4 is 39.1 Å². The molecule has 240 valence electrons. The minimum absolute atomic E-state index is 0.00862. The Morgan fingerprint density at radius 3 is 2.75 bits per heavy atom. The zero-order chi connectivity index (χ0) is 33.4. The van der Waals surface area contributed by atoms with Crippen molar-refractivity contribution in [2.75, 3.05) is 18.4 Å². The molecule has 0 bridgehead atoms. The van der Waals surface area contributed by atoms with Crippen LogP contribution >= 0.6 is 0 Å². The van der Waals surface area contributed by atoms with E-state index in [0.29, 0.717) is 41.3 Å². The van der Waals surface area contributed by atoms with Crippen molar-refractivity contribution in [3.05, 3.63) is 118 Å². The molecule has 3 aromatic heterocycles. The maximum Gasteiger partial charge on any atom is 0.255 e. The van der Waals surface area contributed by atoms with Gasteiger partial charge in [-0.2, -0.15) is 10.4 Å². The average molecular weight is 645 g/mol. The Morgan fingerprint density at radius 1 is 1.08 bits per heavy atom. The van der Waals surface area contributed by atoms with E-state index in [0.717, 1.165) is 41.1 Å². The second-order valence-electron chi connectivity index (χ2n) is 11.7. The number of carbonyl (C=O) groups excluding carboxylic acids is 1. The molecule has 1 amide bonds. The molecule has 0 radical (unpaired) electrons. The molecular weight excluding hydrogens is 614 g/mol. The molecule has 0 atom stereocenters. The Hall–Kier alpha value is -5.93. The van der Waals surface area contributed by atoms with E-state index < -0.39 is 17.5 Å². The monoisotopic (exact) mass is 644 g/mol. The number of ether oxygens (including phenoxy) is 1. The molecule has 0 fully saturated rings. The number of aromatic nitrogens is 5. The van der Waals surface area contributed by atoms with Crippen molar-refractivity contribution in [1.29, 1.82) is 5.26 Å². The average Bonchev–Trinajstić information content (AvgIpc) is 3.62. The van der Waals surface area contributed by atoms with Gasteiger partial charge in [-0.3, -0.25) is 14.8 Å². The molecule has 10 nitrogen and oxygen atoms in total. The summed E-state index contributed by atoms with van der Waals surface area (Å²) in [5, 5.41) is 19.1. The number of amides is 1. The number of hydrogen-bond donors (Lipinski definition) is 2. The Kier molecular flexibility index (Phi) is 8.12. The standard InChI is InChI=1S/C36H30F2N8O2/c1-21-27-15-25(16-29(38)35(27)44-43-21)36(47)40-26-8-9-32-31(17-26)41-33(45(32)2)19-46-12-10-23(11-13-46)30-4-3-5-34(42-30)48-20-24-7-6-22(18-39)14-28(24)37/h3-10,14-17H,11-13,19-20H2,1-2H3,(H,40,47)(H,43,44). The van der Waals surface area contributed by atoms with Gasteiger partial charge in [0.1, 0.15) is 23.8 Å². The molecule has 0 aliphatic carbocycles. The highest BCUT2D eigenvalue weighted by Gasteiger charge is 2.19. The van der Waals surface area contributed by atoms with Crippen molar-refractivity contribution in [2.24, 2.45) is 7.05 Å². The van der Waals surface area contributed by atoms with Crippen molar-refractivity contribution in [3.8, 4) is 11.9 Å². The lowest BCUT2D eigenvalue weighted by Crippen LogP contribution is -2.29. The first-order valence-corrected chi connectivity index (χ1v) is 15.4. The fraction of sp³-hybridized carbons (Fsp3) is 0.194. The summed E-state index contributed by atoms with van der Waals surface area (Å²) in [6.45, 7) is 3.93. The minimum atomic E-state index is -0.556. The van der Waals surface area contributed by atoms with E-state index in [1.807, 2.05) is 48.0 Å². The van der Waals surface area contributed by atoms with Gasteiger partial charge >= 0.3 is 0 Å². The summed E-state index contributed by atoms with van der Waals surface area (Å²) in [5.74, 6) is -0.178. The van der Waals surface area contributed by atoms with Gasteiger partial charge in [-0.25, -0.2) is 18.7 Å². The van der Waals surface area contributed by atoms with Crippen LogP contribution in [0.4, 0.5) is 14.5 Å². The van der Waals surface area contributed by atoms with Crippen LogP contribution < -0.4 is 10.1 Å². The van der Waals surface area contributed by atoms with E-state index in [1.54, 1.807) is 31.2 Å². The Labute approximate surface area is 274 Å². The lowest BCUT2D eigenvalue weighted by atomic mass is 10.0. The number of aromatic amines is 1. The zero-order valence-electron chi connectivity index (χ0n) is 26.2. The van der Waals surface area contributed by atoms with Gasteiger partial charge in [0.25, 0.3) is 5.91 Å². The van der Waals surface area contributed by atoms with E-state index in [1.165, 1.54) is 12.1 Å². The molecule has 48 heavy (non-hydrogen) atoms. The number of pyridine rings is 1. The molecule has 7 rings (SSSR count). The maximum absolute atomic E-state index is 14.5. The van der Waals surface area contributed by atoms with E-state index in [9.17, 15) is 13.6 Å². The van der Waals surface area contributed by atoms with E-state index in [4.69, 9.17) is 15.0 Å². The largest absolute Gasteiger partial charge is 0.473 e. The number of benzene rings is 3. The van der Waals surface area contributed by atoms with Gasteiger partial charge in [-0.15, -0.1) is 0 Å². The summed E-state index contributed by atoms with van der Waals surface area (Å²) in [5.41, 5.74) is 5.87. The number of anilines is 1. The molecule has 1 aliphatic heterocycles. The summed E-state index contributed by atoms with van der Waals surface area (Å²) < 4.78 is 36.6. The summed E-state index contributed by atoms with van der Waals surface area (Å²) in [7, 11) is 1.97. The number of carbonyl (C=O) groups is 1. The number of imidazole rings is 1. The fourth-order valence-corrected chi connectivity index (χ4v) is 5.85. The van der Waals surface area contributed by atoms with Crippen molar-refractivity contribution in [2.45, 2.75) is 26.5 Å². The summed E-state index contributed by atoms with van der Waals surface area (Å²) in [4.78, 5) is 24.8. The highest BCUT2D eigenvalue weighted by atomic mass is 19.1. The number of fused-ring (bicyclic) bond motifs is 2. The smallest absolute Gasteiger partial charge is 0.255 e. The fourth-order valence-electron chi connectivity index (χ4n) is 5.85. The van der Waals surface area contributed by atoms with Crippen LogP contribution in [0.2, 0.25) is 0 Å². The molecule has 2 N–H and O–H groups in total. The van der Waals surface area contributed by atoms with Gasteiger partial charge in [0.05, 0.1) is 34.9 Å². The summed E-state index contributed by atoms with van der Waals surface area (Å²) in [6, 6.07) is 20.1. The number of halogens is 2. The molecule has 0 saturated heterocycles. The van der Waals surface area contributed by atoms with E-state index >= 15 is 0 Å². The quantitative estimate of drug-likeness (QED) is 0.196. The van der Waals surface area contributed by atoms with Gasteiger partial charge in [0.2, 0.25) is 5.88 Å². The van der Waals surface area contributed by atoms with Crippen LogP contribution in [-0.4, -0.2) is 48.6 Å². The van der Waals surface area contributed by atoms with Crippen LogP contribution in [0.25, 0.3) is 27.5 Å². The van der Waals surface area contributed by atoms with Crippen LogP contribution in [0.1, 0.15) is 45.1 Å². The molecule has 0 unspecified atom stereocenters. The third-order valence-electron chi connectivity index (χ3n) is 8.56. The second kappa shape index (κ2) is 12.7. The number of nitrogens with zero attached hydrogens (tertiary/aromatic N) is 6. The normalized spacial score (nSPS) is 13.4. The van der Waals surface area contributed by atoms with Crippen LogP contribution in [0.5, 0.6) is 5.88 Å². The SMILES string of the molecule is Cc1[nH]nc2c(F)cc(C(=O)Nc3ccc4c(c3)nc(CN3CC=C(c5cccc(OCc6ccc(C#N)cc6F)n5)CC3)n4C)cc12. The first-order chi connectivity index (χ1) is 23.2. The van der Waals surface area contributed by atoms with Crippen LogP contribution in [0.3, 0.4) is 0 Å². The Bertz CT molecular complexity index is 2280. The van der Waals surface area contributed by atoms with E-state index in [-0.39, 0.29) is 23.3 Å². The lowest BCUT2D eigenvalue weighted by Gasteiger charge is -2.25. The predicted molar refractivity (Wildman–Crippen MR) is 177 cm³/mol. The van der Waals surface area contributed by atoms with Crippen molar-refractivity contribution in [1.82, 2.24) is 29.6 Å². The third kappa shape index (κ3) is 6.11.